The van der Waals surface area contributed by atoms with Crippen LogP contribution in [0.25, 0.3) is 0 Å². The van der Waals surface area contributed by atoms with Gasteiger partial charge in [-0.25, -0.2) is 4.98 Å². The van der Waals surface area contributed by atoms with Crippen LogP contribution in [0.2, 0.25) is 0 Å². The van der Waals surface area contributed by atoms with E-state index in [4.69, 9.17) is 0 Å². The topological polar surface area (TPSA) is 60.2 Å². The van der Waals surface area contributed by atoms with E-state index in [-0.39, 0.29) is 16.4 Å². The highest BCUT2D eigenvalue weighted by Crippen LogP contribution is 2.49. The Labute approximate surface area is 167 Å². The van der Waals surface area contributed by atoms with Crippen LogP contribution in [0.5, 0.6) is 0 Å². The summed E-state index contributed by atoms with van der Waals surface area (Å²) >= 11 is 3.19. The summed E-state index contributed by atoms with van der Waals surface area (Å²) in [5.74, 6) is -0.0657. The molecule has 1 aromatic rings. The fourth-order valence-electron chi connectivity index (χ4n) is 4.88. The number of fused-ring (bicyclic) bond motifs is 1. The highest BCUT2D eigenvalue weighted by atomic mass is 79.9. The van der Waals surface area contributed by atoms with Gasteiger partial charge >= 0.3 is 0 Å². The molecule has 0 N–H and O–H groups in total. The molecule has 27 heavy (non-hydrogen) atoms. The zero-order valence-corrected chi connectivity index (χ0v) is 17.5. The van der Waals surface area contributed by atoms with E-state index in [1.807, 2.05) is 0 Å². The molecule has 4 rings (SSSR count). The molecular formula is C20H24BrFN4O. The fourth-order valence-corrected chi connectivity index (χ4v) is 5.18. The third-order valence-corrected chi connectivity index (χ3v) is 7.06. The number of rotatable bonds is 2. The van der Waals surface area contributed by atoms with Crippen molar-refractivity contribution in [2.24, 2.45) is 5.92 Å². The average Bonchev–Trinajstić information content (AvgIpc) is 2.76. The van der Waals surface area contributed by atoms with Crippen LogP contribution >= 0.6 is 15.9 Å². The number of piperidine rings is 1. The van der Waals surface area contributed by atoms with Crippen LogP contribution in [-0.4, -0.2) is 40.5 Å². The van der Waals surface area contributed by atoms with Crippen LogP contribution < -0.4 is 4.90 Å². The number of aromatic nitrogens is 1. The zero-order chi connectivity index (χ0) is 19.6. The lowest BCUT2D eigenvalue weighted by atomic mass is 9.70. The molecular weight excluding hydrogens is 411 g/mol. The number of nitrogens with zero attached hydrogens (tertiary/aromatic N) is 4. The Morgan fingerprint density at radius 3 is 2.74 bits per heavy atom. The van der Waals surface area contributed by atoms with E-state index in [0.29, 0.717) is 30.1 Å². The SMILES string of the molecule is CC1CCCN(C2(C#N)CC(N3C(=O)C(C)(C)c4nc(F)c(Br)cc43)C2)C1. The van der Waals surface area contributed by atoms with Crippen LogP contribution in [0.15, 0.2) is 10.5 Å². The minimum atomic E-state index is -0.860. The molecule has 3 heterocycles. The number of nitriles is 1. The lowest BCUT2D eigenvalue weighted by Crippen LogP contribution is -2.65. The van der Waals surface area contributed by atoms with Crippen molar-refractivity contribution in [3.05, 3.63) is 22.2 Å². The molecule has 144 valence electrons. The minimum Gasteiger partial charge on any atom is -0.306 e. The quantitative estimate of drug-likeness (QED) is 0.664. The van der Waals surface area contributed by atoms with Crippen molar-refractivity contribution in [3.8, 4) is 6.07 Å². The molecule has 0 spiro atoms. The van der Waals surface area contributed by atoms with Crippen LogP contribution in [0.3, 0.4) is 0 Å². The summed E-state index contributed by atoms with van der Waals surface area (Å²) in [6, 6.07) is 4.15. The molecule has 2 aliphatic heterocycles. The van der Waals surface area contributed by atoms with Crippen molar-refractivity contribution in [1.29, 1.82) is 5.26 Å². The lowest BCUT2D eigenvalue weighted by Gasteiger charge is -2.54. The highest BCUT2D eigenvalue weighted by Gasteiger charge is 2.57. The van der Waals surface area contributed by atoms with Crippen molar-refractivity contribution in [2.45, 2.75) is 63.5 Å². The number of pyridine rings is 1. The molecule has 1 aromatic heterocycles. The number of hydrogen-bond donors (Lipinski definition) is 0. The molecule has 1 aliphatic carbocycles. The summed E-state index contributed by atoms with van der Waals surface area (Å²) in [4.78, 5) is 21.2. The van der Waals surface area contributed by atoms with Gasteiger partial charge in [-0.1, -0.05) is 6.92 Å². The lowest BCUT2D eigenvalue weighted by molar-refractivity contribution is -0.123. The van der Waals surface area contributed by atoms with Gasteiger partial charge in [-0.05, 0) is 61.1 Å². The van der Waals surface area contributed by atoms with Gasteiger partial charge in [0.25, 0.3) is 0 Å². The van der Waals surface area contributed by atoms with Crippen molar-refractivity contribution in [1.82, 2.24) is 9.88 Å². The molecule has 0 radical (unpaired) electrons. The van der Waals surface area contributed by atoms with Gasteiger partial charge in [0.05, 0.1) is 27.3 Å². The van der Waals surface area contributed by atoms with E-state index in [1.165, 1.54) is 6.42 Å². The Morgan fingerprint density at radius 2 is 2.11 bits per heavy atom. The Hall–Kier alpha value is -1.52. The van der Waals surface area contributed by atoms with Crippen LogP contribution in [0.4, 0.5) is 10.1 Å². The number of anilines is 1. The van der Waals surface area contributed by atoms with Crippen molar-refractivity contribution in [3.63, 3.8) is 0 Å². The first-order valence-electron chi connectivity index (χ1n) is 9.56. The van der Waals surface area contributed by atoms with Crippen molar-refractivity contribution in [2.75, 3.05) is 18.0 Å². The van der Waals surface area contributed by atoms with Gasteiger partial charge in [0.2, 0.25) is 11.9 Å². The van der Waals surface area contributed by atoms with E-state index < -0.39 is 16.9 Å². The first-order valence-corrected chi connectivity index (χ1v) is 10.4. The van der Waals surface area contributed by atoms with Crippen LogP contribution in [0.1, 0.15) is 52.1 Å². The fraction of sp³-hybridized carbons (Fsp3) is 0.650. The van der Waals surface area contributed by atoms with E-state index >= 15 is 0 Å². The molecule has 0 aromatic carbocycles. The maximum atomic E-state index is 14.0. The Balaban J connectivity index is 1.62. The summed E-state index contributed by atoms with van der Waals surface area (Å²) in [5, 5.41) is 9.92. The second-order valence-electron chi connectivity index (χ2n) is 8.83. The van der Waals surface area contributed by atoms with Gasteiger partial charge in [0.1, 0.15) is 5.54 Å². The number of carbonyl (C=O) groups is 1. The molecule has 1 unspecified atom stereocenters. The first kappa shape index (κ1) is 18.8. The Morgan fingerprint density at radius 1 is 1.41 bits per heavy atom. The van der Waals surface area contributed by atoms with Gasteiger partial charge in [-0.3, -0.25) is 9.69 Å². The predicted octanol–water partition coefficient (Wildman–Crippen LogP) is 3.76. The van der Waals surface area contributed by atoms with Gasteiger partial charge in [0, 0.05) is 25.4 Å². The number of halogens is 2. The van der Waals surface area contributed by atoms with Crippen LogP contribution in [-0.2, 0) is 10.2 Å². The average molecular weight is 435 g/mol. The molecule has 1 atom stereocenters. The maximum Gasteiger partial charge on any atom is 0.239 e. The van der Waals surface area contributed by atoms with Gasteiger partial charge in [-0.15, -0.1) is 0 Å². The normalized spacial score (nSPS) is 32.7. The number of amides is 1. The number of likely N-dealkylation sites (tertiary alicyclic amines) is 1. The van der Waals surface area contributed by atoms with E-state index in [0.717, 1.165) is 19.5 Å². The Bertz CT molecular complexity index is 843. The summed E-state index contributed by atoms with van der Waals surface area (Å²) in [6.07, 6.45) is 3.59. The summed E-state index contributed by atoms with van der Waals surface area (Å²) in [6.45, 7) is 7.69. The zero-order valence-electron chi connectivity index (χ0n) is 15.9. The van der Waals surface area contributed by atoms with Crippen LogP contribution in [0, 0.1) is 23.2 Å². The van der Waals surface area contributed by atoms with Gasteiger partial charge in [-0.2, -0.15) is 9.65 Å². The molecule has 7 heteroatoms. The monoisotopic (exact) mass is 434 g/mol. The third-order valence-electron chi connectivity index (χ3n) is 6.50. The minimum absolute atomic E-state index is 0.0472. The molecule has 1 saturated carbocycles. The van der Waals surface area contributed by atoms with Gasteiger partial charge < -0.3 is 4.90 Å². The molecule has 1 amide bonds. The Kier molecular flexibility index (Phi) is 4.36. The maximum absolute atomic E-state index is 14.0. The molecule has 2 fully saturated rings. The van der Waals surface area contributed by atoms with Crippen molar-refractivity contribution >= 4 is 27.5 Å². The molecule has 5 nitrogen and oxygen atoms in total. The summed E-state index contributed by atoms with van der Waals surface area (Å²) < 4.78 is 14.2. The van der Waals surface area contributed by atoms with Crippen molar-refractivity contribution < 1.29 is 9.18 Å². The number of hydrogen-bond acceptors (Lipinski definition) is 4. The van der Waals surface area contributed by atoms with E-state index in [2.05, 4.69) is 38.8 Å². The summed E-state index contributed by atoms with van der Waals surface area (Å²) in [7, 11) is 0. The third kappa shape index (κ3) is 2.72. The standard InChI is InChI=1S/C20H24BrFN4O/c1-12-5-4-6-25(10-12)20(11-23)8-13(9-20)26-15-7-14(21)17(22)24-16(15)19(2,3)18(26)27/h7,12-13H,4-6,8-10H2,1-3H3. The largest absolute Gasteiger partial charge is 0.306 e. The summed E-state index contributed by atoms with van der Waals surface area (Å²) in [5.41, 5.74) is -0.199. The second-order valence-corrected chi connectivity index (χ2v) is 9.68. The molecule has 1 saturated heterocycles. The predicted molar refractivity (Wildman–Crippen MR) is 104 cm³/mol. The van der Waals surface area contributed by atoms with E-state index in [1.54, 1.807) is 24.8 Å². The van der Waals surface area contributed by atoms with Gasteiger partial charge in [0.15, 0.2) is 0 Å². The first-order chi connectivity index (χ1) is 12.7. The van der Waals surface area contributed by atoms with E-state index in [9.17, 15) is 14.4 Å². The highest BCUT2D eigenvalue weighted by molar-refractivity contribution is 9.10. The second kappa shape index (κ2) is 6.25. The molecule has 0 bridgehead atoms. The number of carbonyl (C=O) groups excluding carboxylic acids is 1. The molecule has 3 aliphatic rings. The smallest absolute Gasteiger partial charge is 0.239 e.